The summed E-state index contributed by atoms with van der Waals surface area (Å²) in [5.74, 6) is 0.166. The molecular formula is C17H22N2O. The standard InChI is InChI=1S/C17H22N2O/c1-4-18(12-16-8-6-5-7-9-16)17(20)13-19-14(2)10-11-15(19)3/h5-11H,4,12-13H2,1-3H3. The van der Waals surface area contributed by atoms with Gasteiger partial charge in [-0.05, 0) is 38.5 Å². The van der Waals surface area contributed by atoms with Crippen molar-refractivity contribution in [3.8, 4) is 0 Å². The molecule has 0 aliphatic rings. The fourth-order valence-electron chi connectivity index (χ4n) is 2.36. The number of nitrogens with zero attached hydrogens (tertiary/aromatic N) is 2. The highest BCUT2D eigenvalue weighted by atomic mass is 16.2. The van der Waals surface area contributed by atoms with Crippen molar-refractivity contribution in [2.75, 3.05) is 6.54 Å². The summed E-state index contributed by atoms with van der Waals surface area (Å²) in [4.78, 5) is 14.4. The first-order valence-electron chi connectivity index (χ1n) is 7.06. The Kier molecular flexibility index (Phi) is 4.61. The van der Waals surface area contributed by atoms with Crippen molar-refractivity contribution < 1.29 is 4.79 Å². The molecule has 0 spiro atoms. The SMILES string of the molecule is CCN(Cc1ccccc1)C(=O)Cn1c(C)ccc1C. The molecule has 0 fully saturated rings. The Balaban J connectivity index is 2.06. The fourth-order valence-corrected chi connectivity index (χ4v) is 2.36. The number of amides is 1. The second kappa shape index (κ2) is 6.42. The van der Waals surface area contributed by atoms with E-state index in [4.69, 9.17) is 0 Å². The van der Waals surface area contributed by atoms with E-state index in [1.165, 1.54) is 5.56 Å². The highest BCUT2D eigenvalue weighted by molar-refractivity contribution is 5.76. The number of aryl methyl sites for hydroxylation is 2. The fraction of sp³-hybridized carbons (Fsp3) is 0.353. The van der Waals surface area contributed by atoms with Gasteiger partial charge in [-0.1, -0.05) is 30.3 Å². The molecule has 1 heterocycles. The average molecular weight is 270 g/mol. The maximum atomic E-state index is 12.5. The van der Waals surface area contributed by atoms with Gasteiger partial charge < -0.3 is 9.47 Å². The molecule has 1 amide bonds. The monoisotopic (exact) mass is 270 g/mol. The van der Waals surface area contributed by atoms with Crippen molar-refractivity contribution in [3.63, 3.8) is 0 Å². The quantitative estimate of drug-likeness (QED) is 0.819. The van der Waals surface area contributed by atoms with E-state index in [1.807, 2.05) is 43.9 Å². The van der Waals surface area contributed by atoms with Crippen LogP contribution < -0.4 is 0 Å². The van der Waals surface area contributed by atoms with E-state index in [1.54, 1.807) is 0 Å². The molecule has 0 atom stereocenters. The third-order valence-electron chi connectivity index (χ3n) is 3.66. The first-order valence-corrected chi connectivity index (χ1v) is 7.06. The maximum Gasteiger partial charge on any atom is 0.242 e. The van der Waals surface area contributed by atoms with E-state index in [0.717, 1.165) is 17.9 Å². The molecule has 0 saturated carbocycles. The maximum absolute atomic E-state index is 12.5. The Hall–Kier alpha value is -2.03. The first kappa shape index (κ1) is 14.4. The van der Waals surface area contributed by atoms with Crippen LogP contribution in [0, 0.1) is 13.8 Å². The number of hydrogen-bond donors (Lipinski definition) is 0. The zero-order chi connectivity index (χ0) is 14.5. The molecule has 1 aromatic heterocycles. The minimum absolute atomic E-state index is 0.166. The lowest BCUT2D eigenvalue weighted by molar-refractivity contribution is -0.132. The zero-order valence-corrected chi connectivity index (χ0v) is 12.5. The molecule has 0 N–H and O–H groups in total. The Morgan fingerprint density at radius 2 is 1.65 bits per heavy atom. The van der Waals surface area contributed by atoms with E-state index in [2.05, 4.69) is 28.8 Å². The summed E-state index contributed by atoms with van der Waals surface area (Å²) in [6.45, 7) is 7.92. The number of hydrogen-bond acceptors (Lipinski definition) is 1. The van der Waals surface area contributed by atoms with Crippen LogP contribution in [0.25, 0.3) is 0 Å². The predicted octanol–water partition coefficient (Wildman–Crippen LogP) is 3.15. The molecule has 2 aromatic rings. The van der Waals surface area contributed by atoms with Crippen LogP contribution in [0.4, 0.5) is 0 Å². The number of benzene rings is 1. The second-order valence-electron chi connectivity index (χ2n) is 5.10. The lowest BCUT2D eigenvalue weighted by Crippen LogP contribution is -2.33. The first-order chi connectivity index (χ1) is 9.61. The molecule has 0 aliphatic carbocycles. The summed E-state index contributed by atoms with van der Waals surface area (Å²) in [6.07, 6.45) is 0. The lowest BCUT2D eigenvalue weighted by atomic mass is 10.2. The molecule has 0 bridgehead atoms. The summed E-state index contributed by atoms with van der Waals surface area (Å²) in [6, 6.07) is 14.2. The van der Waals surface area contributed by atoms with Crippen LogP contribution in [-0.4, -0.2) is 21.9 Å². The van der Waals surface area contributed by atoms with E-state index in [9.17, 15) is 4.79 Å². The van der Waals surface area contributed by atoms with Crippen LogP contribution in [0.3, 0.4) is 0 Å². The molecule has 2 rings (SSSR count). The Morgan fingerprint density at radius 1 is 1.05 bits per heavy atom. The highest BCUT2D eigenvalue weighted by Crippen LogP contribution is 2.10. The van der Waals surface area contributed by atoms with Gasteiger partial charge in [0.1, 0.15) is 6.54 Å². The predicted molar refractivity (Wildman–Crippen MR) is 81.4 cm³/mol. The smallest absolute Gasteiger partial charge is 0.242 e. The Labute approximate surface area is 120 Å². The van der Waals surface area contributed by atoms with E-state index < -0.39 is 0 Å². The van der Waals surface area contributed by atoms with Crippen LogP contribution in [0.15, 0.2) is 42.5 Å². The van der Waals surface area contributed by atoms with Gasteiger partial charge in [0.2, 0.25) is 5.91 Å². The average Bonchev–Trinajstić information content (AvgIpc) is 2.77. The zero-order valence-electron chi connectivity index (χ0n) is 12.5. The van der Waals surface area contributed by atoms with Crippen molar-refractivity contribution in [2.45, 2.75) is 33.9 Å². The summed E-state index contributed by atoms with van der Waals surface area (Å²) in [7, 11) is 0. The molecule has 0 aliphatic heterocycles. The second-order valence-corrected chi connectivity index (χ2v) is 5.10. The van der Waals surface area contributed by atoms with E-state index >= 15 is 0 Å². The van der Waals surface area contributed by atoms with Crippen LogP contribution in [0.5, 0.6) is 0 Å². The van der Waals surface area contributed by atoms with Gasteiger partial charge in [-0.15, -0.1) is 0 Å². The molecule has 20 heavy (non-hydrogen) atoms. The number of rotatable bonds is 5. The Morgan fingerprint density at radius 3 is 2.20 bits per heavy atom. The van der Waals surface area contributed by atoms with Gasteiger partial charge in [0.05, 0.1) is 0 Å². The van der Waals surface area contributed by atoms with Crippen molar-refractivity contribution in [2.24, 2.45) is 0 Å². The van der Waals surface area contributed by atoms with Crippen molar-refractivity contribution in [3.05, 3.63) is 59.4 Å². The van der Waals surface area contributed by atoms with Gasteiger partial charge in [0, 0.05) is 24.5 Å². The third-order valence-corrected chi connectivity index (χ3v) is 3.66. The summed E-state index contributed by atoms with van der Waals surface area (Å²) in [5, 5.41) is 0. The van der Waals surface area contributed by atoms with Crippen LogP contribution in [0.1, 0.15) is 23.9 Å². The van der Waals surface area contributed by atoms with Crippen LogP contribution >= 0.6 is 0 Å². The van der Waals surface area contributed by atoms with Crippen molar-refractivity contribution in [1.29, 1.82) is 0 Å². The number of likely N-dealkylation sites (N-methyl/N-ethyl adjacent to an activating group) is 1. The summed E-state index contributed by atoms with van der Waals surface area (Å²) < 4.78 is 2.07. The van der Waals surface area contributed by atoms with Gasteiger partial charge in [0.25, 0.3) is 0 Å². The molecule has 3 nitrogen and oxygen atoms in total. The highest BCUT2D eigenvalue weighted by Gasteiger charge is 2.14. The minimum Gasteiger partial charge on any atom is -0.340 e. The molecule has 106 valence electrons. The van der Waals surface area contributed by atoms with Crippen molar-refractivity contribution in [1.82, 2.24) is 9.47 Å². The molecule has 0 unspecified atom stereocenters. The Bertz CT molecular complexity index is 552. The summed E-state index contributed by atoms with van der Waals surface area (Å²) in [5.41, 5.74) is 3.43. The molecule has 3 heteroatoms. The molecular weight excluding hydrogens is 248 g/mol. The topological polar surface area (TPSA) is 25.2 Å². The van der Waals surface area contributed by atoms with Gasteiger partial charge >= 0.3 is 0 Å². The van der Waals surface area contributed by atoms with Crippen LogP contribution in [-0.2, 0) is 17.9 Å². The van der Waals surface area contributed by atoms with Crippen LogP contribution in [0.2, 0.25) is 0 Å². The van der Waals surface area contributed by atoms with Gasteiger partial charge in [-0.25, -0.2) is 0 Å². The molecule has 0 radical (unpaired) electrons. The third kappa shape index (κ3) is 3.29. The number of carbonyl (C=O) groups excluding carboxylic acids is 1. The van der Waals surface area contributed by atoms with Gasteiger partial charge in [0.15, 0.2) is 0 Å². The largest absolute Gasteiger partial charge is 0.340 e. The lowest BCUT2D eigenvalue weighted by Gasteiger charge is -2.22. The number of carbonyl (C=O) groups is 1. The normalized spacial score (nSPS) is 10.6. The molecule has 1 aromatic carbocycles. The summed E-state index contributed by atoms with van der Waals surface area (Å²) >= 11 is 0. The minimum atomic E-state index is 0.166. The molecule has 0 saturated heterocycles. The van der Waals surface area contributed by atoms with E-state index in [-0.39, 0.29) is 5.91 Å². The van der Waals surface area contributed by atoms with Gasteiger partial charge in [-0.2, -0.15) is 0 Å². The van der Waals surface area contributed by atoms with Crippen molar-refractivity contribution >= 4 is 5.91 Å². The van der Waals surface area contributed by atoms with Gasteiger partial charge in [-0.3, -0.25) is 4.79 Å². The number of aromatic nitrogens is 1. The van der Waals surface area contributed by atoms with E-state index in [0.29, 0.717) is 13.1 Å².